The first-order chi connectivity index (χ1) is 9.56. The van der Waals surface area contributed by atoms with Crippen molar-refractivity contribution in [2.24, 2.45) is 0 Å². The third-order valence-corrected chi connectivity index (χ3v) is 4.51. The molecule has 0 aliphatic carbocycles. The predicted molar refractivity (Wildman–Crippen MR) is 89.4 cm³/mol. The molecule has 1 aliphatic rings. The molecule has 2 atom stereocenters. The van der Waals surface area contributed by atoms with E-state index in [1.165, 1.54) is 25.7 Å². The molecule has 1 aromatic carbocycles. The summed E-state index contributed by atoms with van der Waals surface area (Å²) in [6, 6.07) is 4.31. The molecule has 1 fully saturated rings. The van der Waals surface area contributed by atoms with Crippen LogP contribution in [0, 0.1) is 0 Å². The minimum absolute atomic E-state index is 0.307. The summed E-state index contributed by atoms with van der Waals surface area (Å²) in [6.07, 6.45) is 6.24. The molecule has 20 heavy (non-hydrogen) atoms. The van der Waals surface area contributed by atoms with Crippen molar-refractivity contribution < 1.29 is 0 Å². The summed E-state index contributed by atoms with van der Waals surface area (Å²) in [4.78, 5) is 0. The lowest BCUT2D eigenvalue weighted by atomic mass is 10.0. The van der Waals surface area contributed by atoms with Crippen LogP contribution in [0.25, 0.3) is 0 Å². The highest BCUT2D eigenvalue weighted by Crippen LogP contribution is 2.34. The van der Waals surface area contributed by atoms with Gasteiger partial charge in [0.2, 0.25) is 0 Å². The lowest BCUT2D eigenvalue weighted by Crippen LogP contribution is -2.33. The van der Waals surface area contributed by atoms with Gasteiger partial charge in [-0.15, -0.1) is 0 Å². The van der Waals surface area contributed by atoms with Crippen molar-refractivity contribution in [2.75, 3.05) is 11.9 Å². The fourth-order valence-electron chi connectivity index (χ4n) is 2.71. The lowest BCUT2D eigenvalue weighted by molar-refractivity contribution is 0.456. The van der Waals surface area contributed by atoms with Crippen molar-refractivity contribution in [1.82, 2.24) is 5.32 Å². The van der Waals surface area contributed by atoms with Crippen LogP contribution >= 0.6 is 34.8 Å². The van der Waals surface area contributed by atoms with Crippen molar-refractivity contribution in [3.8, 4) is 0 Å². The molecule has 0 aromatic heterocycles. The summed E-state index contributed by atoms with van der Waals surface area (Å²) in [5.74, 6) is 0. The van der Waals surface area contributed by atoms with Gasteiger partial charge in [0.1, 0.15) is 0 Å². The van der Waals surface area contributed by atoms with Crippen LogP contribution < -0.4 is 10.6 Å². The lowest BCUT2D eigenvalue weighted by Gasteiger charge is -2.23. The molecule has 1 aliphatic heterocycles. The fourth-order valence-corrected chi connectivity index (χ4v) is 3.64. The topological polar surface area (TPSA) is 24.1 Å². The van der Waals surface area contributed by atoms with Crippen LogP contribution in [0.2, 0.25) is 15.1 Å². The molecule has 0 bridgehead atoms. The van der Waals surface area contributed by atoms with Crippen molar-refractivity contribution in [2.45, 2.75) is 51.1 Å². The second kappa shape index (κ2) is 7.74. The largest absolute Gasteiger partial charge is 0.380 e. The molecule has 0 radical (unpaired) electrons. The number of halogens is 3. The van der Waals surface area contributed by atoms with Crippen LogP contribution in [0.1, 0.15) is 39.0 Å². The van der Waals surface area contributed by atoms with Gasteiger partial charge < -0.3 is 10.6 Å². The molecule has 2 nitrogen and oxygen atoms in total. The Morgan fingerprint density at radius 3 is 2.60 bits per heavy atom. The van der Waals surface area contributed by atoms with Crippen molar-refractivity contribution >= 4 is 40.5 Å². The Labute approximate surface area is 136 Å². The van der Waals surface area contributed by atoms with E-state index in [4.69, 9.17) is 34.8 Å². The SMILES string of the molecule is CC(CC1CCCCCN1)Nc1c(Cl)cc(Cl)cc1Cl. The molecule has 0 spiro atoms. The zero-order valence-electron chi connectivity index (χ0n) is 11.7. The first-order valence-corrected chi connectivity index (χ1v) is 8.34. The second-order valence-corrected chi connectivity index (χ2v) is 6.78. The zero-order chi connectivity index (χ0) is 14.5. The van der Waals surface area contributed by atoms with Crippen LogP contribution in [-0.2, 0) is 0 Å². The maximum absolute atomic E-state index is 6.20. The number of hydrogen-bond donors (Lipinski definition) is 2. The van der Waals surface area contributed by atoms with E-state index in [0.717, 1.165) is 18.7 Å². The average molecular weight is 336 g/mol. The summed E-state index contributed by atoms with van der Waals surface area (Å²) >= 11 is 18.3. The summed E-state index contributed by atoms with van der Waals surface area (Å²) < 4.78 is 0. The molecule has 1 heterocycles. The van der Waals surface area contributed by atoms with Gasteiger partial charge in [-0.1, -0.05) is 47.6 Å². The number of nitrogens with one attached hydrogen (secondary N) is 2. The molecule has 5 heteroatoms. The van der Waals surface area contributed by atoms with E-state index in [9.17, 15) is 0 Å². The summed E-state index contributed by atoms with van der Waals surface area (Å²) in [6.45, 7) is 3.29. The van der Waals surface area contributed by atoms with Crippen LogP contribution in [0.3, 0.4) is 0 Å². The van der Waals surface area contributed by atoms with E-state index < -0.39 is 0 Å². The maximum Gasteiger partial charge on any atom is 0.0722 e. The van der Waals surface area contributed by atoms with Gasteiger partial charge in [0.25, 0.3) is 0 Å². The average Bonchev–Trinajstić information content (AvgIpc) is 2.62. The molecule has 0 amide bonds. The predicted octanol–water partition coefficient (Wildman–Crippen LogP) is 5.37. The standard InChI is InChI=1S/C15H21Cl3N2/c1-10(7-12-5-3-2-4-6-19-12)20-15-13(17)8-11(16)9-14(15)18/h8-10,12,19-20H,2-7H2,1H3. The van der Waals surface area contributed by atoms with Gasteiger partial charge in [-0.05, 0) is 44.9 Å². The Hall–Kier alpha value is -0.150. The zero-order valence-corrected chi connectivity index (χ0v) is 14.0. The van der Waals surface area contributed by atoms with Crippen molar-refractivity contribution in [3.63, 3.8) is 0 Å². The smallest absolute Gasteiger partial charge is 0.0722 e. The Balaban J connectivity index is 1.95. The molecular formula is C15H21Cl3N2. The van der Waals surface area contributed by atoms with E-state index >= 15 is 0 Å². The molecule has 2 N–H and O–H groups in total. The Morgan fingerprint density at radius 2 is 1.90 bits per heavy atom. The number of anilines is 1. The van der Waals surface area contributed by atoms with Crippen molar-refractivity contribution in [3.05, 3.63) is 27.2 Å². The molecular weight excluding hydrogens is 315 g/mol. The fraction of sp³-hybridized carbons (Fsp3) is 0.600. The Kier molecular flexibility index (Phi) is 6.28. The highest BCUT2D eigenvalue weighted by atomic mass is 35.5. The van der Waals surface area contributed by atoms with Crippen LogP contribution in [0.5, 0.6) is 0 Å². The molecule has 1 aromatic rings. The van der Waals surface area contributed by atoms with E-state index in [2.05, 4.69) is 17.6 Å². The minimum atomic E-state index is 0.307. The van der Waals surface area contributed by atoms with E-state index in [1.807, 2.05) is 0 Å². The van der Waals surface area contributed by atoms with Crippen LogP contribution in [0.4, 0.5) is 5.69 Å². The van der Waals surface area contributed by atoms with Gasteiger partial charge >= 0.3 is 0 Å². The van der Waals surface area contributed by atoms with Crippen molar-refractivity contribution in [1.29, 1.82) is 0 Å². The third kappa shape index (κ3) is 4.70. The molecule has 2 rings (SSSR count). The van der Waals surface area contributed by atoms with Gasteiger partial charge in [-0.2, -0.15) is 0 Å². The van der Waals surface area contributed by atoms with Crippen LogP contribution in [-0.4, -0.2) is 18.6 Å². The van der Waals surface area contributed by atoms with Gasteiger partial charge in [-0.25, -0.2) is 0 Å². The maximum atomic E-state index is 6.20. The first kappa shape index (κ1) is 16.2. The minimum Gasteiger partial charge on any atom is -0.380 e. The Morgan fingerprint density at radius 1 is 1.20 bits per heavy atom. The van der Waals surface area contributed by atoms with Gasteiger partial charge in [0, 0.05) is 17.1 Å². The normalized spacial score (nSPS) is 21.3. The first-order valence-electron chi connectivity index (χ1n) is 7.20. The molecule has 0 saturated carbocycles. The number of benzene rings is 1. The monoisotopic (exact) mass is 334 g/mol. The quantitative estimate of drug-likeness (QED) is 0.773. The highest BCUT2D eigenvalue weighted by Gasteiger charge is 2.16. The second-order valence-electron chi connectivity index (χ2n) is 5.53. The molecule has 2 unspecified atom stereocenters. The third-order valence-electron chi connectivity index (χ3n) is 3.70. The molecule has 1 saturated heterocycles. The number of rotatable bonds is 4. The highest BCUT2D eigenvalue weighted by molar-refractivity contribution is 6.41. The number of hydrogen-bond acceptors (Lipinski definition) is 2. The van der Waals surface area contributed by atoms with E-state index in [-0.39, 0.29) is 0 Å². The van der Waals surface area contributed by atoms with E-state index in [0.29, 0.717) is 27.2 Å². The summed E-state index contributed by atoms with van der Waals surface area (Å²) in [5, 5.41) is 8.72. The van der Waals surface area contributed by atoms with Gasteiger partial charge in [0.05, 0.1) is 15.7 Å². The van der Waals surface area contributed by atoms with Gasteiger partial charge in [0.15, 0.2) is 0 Å². The van der Waals surface area contributed by atoms with Gasteiger partial charge in [-0.3, -0.25) is 0 Å². The summed E-state index contributed by atoms with van der Waals surface area (Å²) in [5.41, 5.74) is 0.777. The van der Waals surface area contributed by atoms with E-state index in [1.54, 1.807) is 12.1 Å². The Bertz CT molecular complexity index is 420. The molecule has 112 valence electrons. The summed E-state index contributed by atoms with van der Waals surface area (Å²) in [7, 11) is 0. The van der Waals surface area contributed by atoms with Crippen LogP contribution in [0.15, 0.2) is 12.1 Å².